The monoisotopic (exact) mass is 216 g/mol. The van der Waals surface area contributed by atoms with Crippen molar-refractivity contribution in [2.75, 3.05) is 7.11 Å². The first-order valence-electron chi connectivity index (χ1n) is 5.60. The molecule has 0 bridgehead atoms. The predicted octanol–water partition coefficient (Wildman–Crippen LogP) is 2.37. The quantitative estimate of drug-likeness (QED) is 0.718. The van der Waals surface area contributed by atoms with Gasteiger partial charge in [0.2, 0.25) is 0 Å². The lowest BCUT2D eigenvalue weighted by Gasteiger charge is -2.31. The van der Waals surface area contributed by atoms with E-state index in [0.29, 0.717) is 6.42 Å². The van der Waals surface area contributed by atoms with E-state index in [-0.39, 0.29) is 11.4 Å². The lowest BCUT2D eigenvalue weighted by molar-refractivity contribution is -0.153. The number of esters is 1. The number of methoxy groups -OCH3 is 1. The highest BCUT2D eigenvalue weighted by atomic mass is 16.5. The predicted molar refractivity (Wildman–Crippen MR) is 60.5 cm³/mol. The maximum Gasteiger partial charge on any atom is 0.311 e. The zero-order valence-corrected chi connectivity index (χ0v) is 10.5. The van der Waals surface area contributed by atoms with Gasteiger partial charge < -0.3 is 9.84 Å². The Kier molecular flexibility index (Phi) is 5.88. The van der Waals surface area contributed by atoms with Crippen molar-refractivity contribution in [1.29, 1.82) is 0 Å². The van der Waals surface area contributed by atoms with Gasteiger partial charge in [-0.15, -0.1) is 0 Å². The van der Waals surface area contributed by atoms with Crippen molar-refractivity contribution in [2.24, 2.45) is 11.3 Å². The molecule has 0 spiro atoms. The third kappa shape index (κ3) is 4.65. The highest BCUT2D eigenvalue weighted by molar-refractivity contribution is 5.73. The van der Waals surface area contributed by atoms with Crippen LogP contribution in [-0.4, -0.2) is 24.3 Å². The SMILES string of the molecule is CCCCC(C(=O)OC)C(O)C(C)(C)C. The second kappa shape index (κ2) is 6.11. The molecule has 0 aliphatic heterocycles. The molecule has 90 valence electrons. The molecular weight excluding hydrogens is 192 g/mol. The van der Waals surface area contributed by atoms with E-state index < -0.39 is 12.0 Å². The number of ether oxygens (including phenoxy) is 1. The van der Waals surface area contributed by atoms with E-state index in [4.69, 9.17) is 4.74 Å². The van der Waals surface area contributed by atoms with E-state index in [2.05, 4.69) is 6.92 Å². The van der Waals surface area contributed by atoms with Crippen LogP contribution < -0.4 is 0 Å². The van der Waals surface area contributed by atoms with Crippen LogP contribution in [0.5, 0.6) is 0 Å². The molecule has 2 atom stereocenters. The Labute approximate surface area is 92.8 Å². The first-order valence-corrected chi connectivity index (χ1v) is 5.60. The normalized spacial score (nSPS) is 15.9. The molecule has 0 saturated heterocycles. The van der Waals surface area contributed by atoms with Crippen LogP contribution in [0.1, 0.15) is 47.0 Å². The molecule has 2 unspecified atom stereocenters. The van der Waals surface area contributed by atoms with Crippen LogP contribution in [0.15, 0.2) is 0 Å². The van der Waals surface area contributed by atoms with Gasteiger partial charge in [0.15, 0.2) is 0 Å². The van der Waals surface area contributed by atoms with Crippen molar-refractivity contribution >= 4 is 5.97 Å². The van der Waals surface area contributed by atoms with Crippen molar-refractivity contribution in [3.05, 3.63) is 0 Å². The third-order valence-electron chi connectivity index (χ3n) is 2.64. The van der Waals surface area contributed by atoms with Gasteiger partial charge in [0.05, 0.1) is 19.1 Å². The maximum atomic E-state index is 11.5. The Hall–Kier alpha value is -0.570. The minimum Gasteiger partial charge on any atom is -0.469 e. The number of carbonyl (C=O) groups excluding carboxylic acids is 1. The molecule has 0 amide bonds. The fraction of sp³-hybridized carbons (Fsp3) is 0.917. The molecule has 0 rings (SSSR count). The van der Waals surface area contributed by atoms with E-state index in [1.165, 1.54) is 7.11 Å². The van der Waals surface area contributed by atoms with Gasteiger partial charge >= 0.3 is 5.97 Å². The van der Waals surface area contributed by atoms with E-state index in [0.717, 1.165) is 12.8 Å². The Bertz CT molecular complexity index is 194. The van der Waals surface area contributed by atoms with E-state index >= 15 is 0 Å². The van der Waals surface area contributed by atoms with Gasteiger partial charge in [0, 0.05) is 0 Å². The van der Waals surface area contributed by atoms with Crippen LogP contribution in [0, 0.1) is 11.3 Å². The molecule has 0 heterocycles. The summed E-state index contributed by atoms with van der Waals surface area (Å²) in [6.45, 7) is 7.86. The molecule has 0 aliphatic rings. The smallest absolute Gasteiger partial charge is 0.311 e. The summed E-state index contributed by atoms with van der Waals surface area (Å²) in [5.74, 6) is -0.694. The standard InChI is InChI=1S/C12H24O3/c1-6-7-8-9(11(14)15-5)10(13)12(2,3)4/h9-10,13H,6-8H2,1-5H3. The number of aliphatic hydroxyl groups is 1. The lowest BCUT2D eigenvalue weighted by Crippen LogP contribution is -2.38. The first kappa shape index (κ1) is 14.4. The van der Waals surface area contributed by atoms with Gasteiger partial charge in [0.25, 0.3) is 0 Å². The highest BCUT2D eigenvalue weighted by Gasteiger charge is 2.35. The fourth-order valence-electron chi connectivity index (χ4n) is 1.58. The topological polar surface area (TPSA) is 46.5 Å². The van der Waals surface area contributed by atoms with Crippen molar-refractivity contribution < 1.29 is 14.6 Å². The van der Waals surface area contributed by atoms with Crippen molar-refractivity contribution in [3.8, 4) is 0 Å². The molecular formula is C12H24O3. The Morgan fingerprint density at radius 2 is 1.93 bits per heavy atom. The van der Waals surface area contributed by atoms with E-state index in [1.54, 1.807) is 0 Å². The van der Waals surface area contributed by atoms with E-state index in [9.17, 15) is 9.90 Å². The van der Waals surface area contributed by atoms with Crippen LogP contribution in [0.25, 0.3) is 0 Å². The highest BCUT2D eigenvalue weighted by Crippen LogP contribution is 2.29. The number of hydrogen-bond donors (Lipinski definition) is 1. The summed E-state index contributed by atoms with van der Waals surface area (Å²) < 4.78 is 4.73. The molecule has 3 nitrogen and oxygen atoms in total. The summed E-state index contributed by atoms with van der Waals surface area (Å²) in [5, 5.41) is 10.1. The van der Waals surface area contributed by atoms with Gasteiger partial charge in [0.1, 0.15) is 0 Å². The van der Waals surface area contributed by atoms with Gasteiger partial charge in [-0.3, -0.25) is 4.79 Å². The summed E-state index contributed by atoms with van der Waals surface area (Å²) >= 11 is 0. The summed E-state index contributed by atoms with van der Waals surface area (Å²) in [4.78, 5) is 11.5. The molecule has 0 saturated carbocycles. The largest absolute Gasteiger partial charge is 0.469 e. The first-order chi connectivity index (χ1) is 6.84. The second-order valence-corrected chi connectivity index (χ2v) is 5.08. The van der Waals surface area contributed by atoms with Gasteiger partial charge in [-0.05, 0) is 11.8 Å². The fourth-order valence-corrected chi connectivity index (χ4v) is 1.58. The van der Waals surface area contributed by atoms with Gasteiger partial charge in [-0.2, -0.15) is 0 Å². The van der Waals surface area contributed by atoms with Gasteiger partial charge in [-0.25, -0.2) is 0 Å². The number of unbranched alkanes of at least 4 members (excludes halogenated alkanes) is 1. The Morgan fingerprint density at radius 3 is 2.27 bits per heavy atom. The van der Waals surface area contributed by atoms with Crippen molar-refractivity contribution in [3.63, 3.8) is 0 Å². The molecule has 15 heavy (non-hydrogen) atoms. The number of carbonyl (C=O) groups is 1. The molecule has 0 aromatic heterocycles. The number of aliphatic hydroxyl groups excluding tert-OH is 1. The van der Waals surface area contributed by atoms with Gasteiger partial charge in [-0.1, -0.05) is 40.5 Å². The van der Waals surface area contributed by atoms with Crippen molar-refractivity contribution in [1.82, 2.24) is 0 Å². The minimum atomic E-state index is -0.642. The Morgan fingerprint density at radius 1 is 1.40 bits per heavy atom. The zero-order valence-electron chi connectivity index (χ0n) is 10.5. The van der Waals surface area contributed by atoms with Crippen LogP contribution in [0.3, 0.4) is 0 Å². The number of rotatable bonds is 5. The Balaban J connectivity index is 4.55. The zero-order chi connectivity index (χ0) is 12.1. The average molecular weight is 216 g/mol. The van der Waals surface area contributed by atoms with Crippen LogP contribution in [-0.2, 0) is 9.53 Å². The molecule has 0 aliphatic carbocycles. The third-order valence-corrected chi connectivity index (χ3v) is 2.64. The average Bonchev–Trinajstić information content (AvgIpc) is 2.16. The molecule has 3 heteroatoms. The minimum absolute atomic E-state index is 0.285. The second-order valence-electron chi connectivity index (χ2n) is 5.08. The summed E-state index contributed by atoms with van der Waals surface area (Å²) in [6, 6.07) is 0. The molecule has 1 N–H and O–H groups in total. The van der Waals surface area contributed by atoms with E-state index in [1.807, 2.05) is 20.8 Å². The summed E-state index contributed by atoms with van der Waals surface area (Å²) in [7, 11) is 1.37. The van der Waals surface area contributed by atoms with Crippen molar-refractivity contribution in [2.45, 2.75) is 53.1 Å². The molecule has 0 aromatic carbocycles. The molecule has 0 fully saturated rings. The van der Waals surface area contributed by atoms with Crippen LogP contribution in [0.2, 0.25) is 0 Å². The number of hydrogen-bond acceptors (Lipinski definition) is 3. The summed E-state index contributed by atoms with van der Waals surface area (Å²) in [6.07, 6.45) is 2.01. The maximum absolute atomic E-state index is 11.5. The van der Waals surface area contributed by atoms with Crippen LogP contribution in [0.4, 0.5) is 0 Å². The summed E-state index contributed by atoms with van der Waals surface area (Å²) in [5.41, 5.74) is -0.285. The molecule has 0 aromatic rings. The van der Waals surface area contributed by atoms with Crippen LogP contribution >= 0.6 is 0 Å². The lowest BCUT2D eigenvalue weighted by atomic mass is 9.79. The molecule has 0 radical (unpaired) electrons.